The lowest BCUT2D eigenvalue weighted by molar-refractivity contribution is -0.121. The summed E-state index contributed by atoms with van der Waals surface area (Å²) >= 11 is 0. The zero-order valence-electron chi connectivity index (χ0n) is 19.8. The first kappa shape index (κ1) is 23.6. The van der Waals surface area contributed by atoms with Gasteiger partial charge >= 0.3 is 5.97 Å². The maximum Gasteiger partial charge on any atom is 0.338 e. The quantitative estimate of drug-likeness (QED) is 0.520. The highest BCUT2D eigenvalue weighted by atomic mass is 16.5. The average Bonchev–Trinajstić information content (AvgIpc) is 3.29. The molecule has 0 spiro atoms. The van der Waals surface area contributed by atoms with E-state index >= 15 is 0 Å². The van der Waals surface area contributed by atoms with E-state index in [1.165, 1.54) is 0 Å². The van der Waals surface area contributed by atoms with Crippen LogP contribution in [-0.2, 0) is 16.1 Å². The monoisotopic (exact) mass is 462 g/mol. The first-order valence-electron chi connectivity index (χ1n) is 11.6. The molecule has 1 aliphatic heterocycles. The van der Waals surface area contributed by atoms with Gasteiger partial charge in [0.2, 0.25) is 17.6 Å². The first-order valence-corrected chi connectivity index (χ1v) is 11.6. The van der Waals surface area contributed by atoms with Crippen molar-refractivity contribution in [2.24, 2.45) is 5.92 Å². The number of carbonyl (C=O) groups is 2. The molecular formula is C26H30N4O4. The van der Waals surface area contributed by atoms with Crippen molar-refractivity contribution in [3.8, 4) is 11.4 Å². The molecule has 1 unspecified atom stereocenters. The summed E-state index contributed by atoms with van der Waals surface area (Å²) in [6.07, 6.45) is 1.70. The van der Waals surface area contributed by atoms with Crippen LogP contribution in [0.1, 0.15) is 47.1 Å². The van der Waals surface area contributed by atoms with Gasteiger partial charge in [-0.25, -0.2) is 4.79 Å². The van der Waals surface area contributed by atoms with Crippen LogP contribution in [-0.4, -0.2) is 46.6 Å². The molecule has 34 heavy (non-hydrogen) atoms. The molecule has 8 nitrogen and oxygen atoms in total. The van der Waals surface area contributed by atoms with E-state index in [-0.39, 0.29) is 11.8 Å². The van der Waals surface area contributed by atoms with E-state index < -0.39 is 5.97 Å². The summed E-state index contributed by atoms with van der Waals surface area (Å²) < 4.78 is 10.5. The number of ether oxygens (including phenoxy) is 1. The minimum Gasteiger partial charge on any atom is -0.462 e. The lowest BCUT2D eigenvalue weighted by atomic mass is 9.96. The predicted molar refractivity (Wildman–Crippen MR) is 128 cm³/mol. The third kappa shape index (κ3) is 5.69. The lowest BCUT2D eigenvalue weighted by Gasteiger charge is -2.31. The second-order valence-corrected chi connectivity index (χ2v) is 8.69. The van der Waals surface area contributed by atoms with Crippen molar-refractivity contribution < 1.29 is 18.8 Å². The summed E-state index contributed by atoms with van der Waals surface area (Å²) in [5, 5.41) is 7.13. The van der Waals surface area contributed by atoms with E-state index in [9.17, 15) is 9.59 Å². The van der Waals surface area contributed by atoms with E-state index in [4.69, 9.17) is 9.26 Å². The Morgan fingerprint density at radius 1 is 1.21 bits per heavy atom. The van der Waals surface area contributed by atoms with Crippen LogP contribution in [0.5, 0.6) is 0 Å². The van der Waals surface area contributed by atoms with Gasteiger partial charge in [0.15, 0.2) is 0 Å². The molecule has 4 rings (SSSR count). The van der Waals surface area contributed by atoms with Crippen LogP contribution in [0.3, 0.4) is 0 Å². The van der Waals surface area contributed by atoms with Crippen LogP contribution in [0.2, 0.25) is 0 Å². The number of rotatable bonds is 7. The molecule has 2 aromatic carbocycles. The number of nitrogens with one attached hydrogen (secondary N) is 1. The molecule has 178 valence electrons. The second-order valence-electron chi connectivity index (χ2n) is 8.69. The molecule has 0 radical (unpaired) electrons. The van der Waals surface area contributed by atoms with Gasteiger partial charge in [0, 0.05) is 17.8 Å². The summed E-state index contributed by atoms with van der Waals surface area (Å²) in [4.78, 5) is 31.8. The molecule has 1 amide bonds. The minimum atomic E-state index is -0.397. The van der Waals surface area contributed by atoms with Crippen LogP contribution in [0.15, 0.2) is 47.0 Å². The van der Waals surface area contributed by atoms with Gasteiger partial charge in [-0.3, -0.25) is 9.69 Å². The third-order valence-corrected chi connectivity index (χ3v) is 5.99. The van der Waals surface area contributed by atoms with Gasteiger partial charge in [0.05, 0.1) is 24.6 Å². The number of nitrogens with zero attached hydrogens (tertiary/aromatic N) is 3. The van der Waals surface area contributed by atoms with Crippen molar-refractivity contribution in [2.45, 2.75) is 40.2 Å². The maximum absolute atomic E-state index is 13.0. The first-order chi connectivity index (χ1) is 16.4. The largest absolute Gasteiger partial charge is 0.462 e. The molecule has 1 aliphatic rings. The molecule has 1 atom stereocenters. The summed E-state index contributed by atoms with van der Waals surface area (Å²) in [5.74, 6) is 0.488. The third-order valence-electron chi connectivity index (χ3n) is 5.99. The number of likely N-dealkylation sites (tertiary alicyclic amines) is 1. The zero-order valence-corrected chi connectivity index (χ0v) is 19.8. The Morgan fingerprint density at radius 2 is 2.06 bits per heavy atom. The highest BCUT2D eigenvalue weighted by molar-refractivity contribution is 5.96. The van der Waals surface area contributed by atoms with Crippen LogP contribution < -0.4 is 5.32 Å². The SMILES string of the molecule is CCOC(=O)c1ccc(C)c(NC(=O)C2CCCN(Cc3nc(-c4cccc(C)c4)no3)C2)c1. The van der Waals surface area contributed by atoms with Gasteiger partial charge in [-0.2, -0.15) is 4.98 Å². The number of piperidine rings is 1. The van der Waals surface area contributed by atoms with Gasteiger partial charge in [0.25, 0.3) is 0 Å². The molecule has 0 saturated carbocycles. The molecule has 8 heteroatoms. The standard InChI is InChI=1S/C26H30N4O4/c1-4-33-26(32)20-11-10-18(3)22(14-20)27-25(31)21-9-6-12-30(15-21)16-23-28-24(29-34-23)19-8-5-7-17(2)13-19/h5,7-8,10-11,13-14,21H,4,6,9,12,15-16H2,1-3H3,(H,27,31). The summed E-state index contributed by atoms with van der Waals surface area (Å²) in [5.41, 5.74) is 4.01. The van der Waals surface area contributed by atoms with Crippen molar-refractivity contribution in [2.75, 3.05) is 25.0 Å². The van der Waals surface area contributed by atoms with Gasteiger partial charge in [-0.15, -0.1) is 0 Å². The average molecular weight is 463 g/mol. The smallest absolute Gasteiger partial charge is 0.338 e. The molecule has 2 heterocycles. The number of anilines is 1. The number of aromatic nitrogens is 2. The van der Waals surface area contributed by atoms with Crippen molar-refractivity contribution in [3.63, 3.8) is 0 Å². The second kappa shape index (κ2) is 10.6. The van der Waals surface area contributed by atoms with E-state index in [0.29, 0.717) is 42.7 Å². The van der Waals surface area contributed by atoms with E-state index in [1.54, 1.807) is 19.1 Å². The van der Waals surface area contributed by atoms with Gasteiger partial charge in [-0.05, 0) is 63.9 Å². The molecule has 1 fully saturated rings. The fourth-order valence-electron chi connectivity index (χ4n) is 4.16. The molecule has 0 bridgehead atoms. The van der Waals surface area contributed by atoms with E-state index in [1.807, 2.05) is 44.2 Å². The Labute approximate surface area is 199 Å². The van der Waals surface area contributed by atoms with Crippen molar-refractivity contribution in [3.05, 3.63) is 65.0 Å². The molecular weight excluding hydrogens is 432 g/mol. The summed E-state index contributed by atoms with van der Waals surface area (Å²) in [6, 6.07) is 13.2. The lowest BCUT2D eigenvalue weighted by Crippen LogP contribution is -2.40. The normalized spacial score (nSPS) is 16.3. The number of amides is 1. The maximum atomic E-state index is 13.0. The predicted octanol–water partition coefficient (Wildman–Crippen LogP) is 4.38. The fraction of sp³-hybridized carbons (Fsp3) is 0.385. The molecule has 1 saturated heterocycles. The minimum absolute atomic E-state index is 0.0558. The topological polar surface area (TPSA) is 97.6 Å². The van der Waals surface area contributed by atoms with Gasteiger partial charge in [-0.1, -0.05) is 35.0 Å². The van der Waals surface area contributed by atoms with Crippen LogP contribution >= 0.6 is 0 Å². The van der Waals surface area contributed by atoms with Gasteiger partial charge in [0.1, 0.15) is 0 Å². The Bertz CT molecular complexity index is 1170. The van der Waals surface area contributed by atoms with E-state index in [0.717, 1.165) is 36.1 Å². The summed E-state index contributed by atoms with van der Waals surface area (Å²) in [7, 11) is 0. The fourth-order valence-corrected chi connectivity index (χ4v) is 4.16. The molecule has 3 aromatic rings. The Hall–Kier alpha value is -3.52. The van der Waals surface area contributed by atoms with Crippen molar-refractivity contribution in [1.82, 2.24) is 15.0 Å². The number of esters is 1. The van der Waals surface area contributed by atoms with Crippen LogP contribution in [0.25, 0.3) is 11.4 Å². The highest BCUT2D eigenvalue weighted by Gasteiger charge is 2.27. The van der Waals surface area contributed by atoms with E-state index in [2.05, 4.69) is 20.4 Å². The number of benzene rings is 2. The Balaban J connectivity index is 1.38. The summed E-state index contributed by atoms with van der Waals surface area (Å²) in [6.45, 7) is 7.96. The van der Waals surface area contributed by atoms with Crippen LogP contribution in [0, 0.1) is 19.8 Å². The van der Waals surface area contributed by atoms with Gasteiger partial charge < -0.3 is 14.6 Å². The Kier molecular flexibility index (Phi) is 7.37. The van der Waals surface area contributed by atoms with Crippen molar-refractivity contribution >= 4 is 17.6 Å². The van der Waals surface area contributed by atoms with Crippen LogP contribution in [0.4, 0.5) is 5.69 Å². The number of hydrogen-bond donors (Lipinski definition) is 1. The zero-order chi connectivity index (χ0) is 24.1. The highest BCUT2D eigenvalue weighted by Crippen LogP contribution is 2.24. The number of aryl methyl sites for hydroxylation is 2. The number of hydrogen-bond acceptors (Lipinski definition) is 7. The Morgan fingerprint density at radius 3 is 2.85 bits per heavy atom. The molecule has 1 N–H and O–H groups in total. The number of carbonyl (C=O) groups excluding carboxylic acids is 2. The van der Waals surface area contributed by atoms with Crippen molar-refractivity contribution in [1.29, 1.82) is 0 Å². The molecule has 1 aromatic heterocycles. The molecule has 0 aliphatic carbocycles.